The first-order valence-corrected chi connectivity index (χ1v) is 8.78. The number of nitrogens with one attached hydrogen (secondary N) is 1. The van der Waals surface area contributed by atoms with Gasteiger partial charge in [-0.2, -0.15) is 0 Å². The molecule has 0 unspecified atom stereocenters. The highest BCUT2D eigenvalue weighted by Crippen LogP contribution is 2.19. The summed E-state index contributed by atoms with van der Waals surface area (Å²) in [6.07, 6.45) is 5.53. The lowest BCUT2D eigenvalue weighted by Gasteiger charge is -2.32. The van der Waals surface area contributed by atoms with Crippen LogP contribution >= 0.6 is 0 Å². The maximum atomic E-state index is 12.1. The van der Waals surface area contributed by atoms with Crippen molar-refractivity contribution in [2.75, 3.05) is 26.7 Å². The van der Waals surface area contributed by atoms with Gasteiger partial charge in [0.2, 0.25) is 0 Å². The Bertz CT molecular complexity index is 665. The standard InChI is InChI=1S/C20H25N3O2/c1-25-19-4-2-17(3-5-19)15-23-12-8-16(9-13-23)14-22-20(24)18-6-10-21-11-7-18/h2-7,10-11,16H,8-9,12-15H2,1H3,(H,22,24). The van der Waals surface area contributed by atoms with Crippen LogP contribution in [-0.2, 0) is 6.54 Å². The van der Waals surface area contributed by atoms with E-state index in [1.54, 1.807) is 31.6 Å². The molecule has 2 heterocycles. The normalized spacial score (nSPS) is 15.7. The van der Waals surface area contributed by atoms with Crippen molar-refractivity contribution in [1.82, 2.24) is 15.2 Å². The zero-order valence-corrected chi connectivity index (χ0v) is 14.6. The number of hydrogen-bond donors (Lipinski definition) is 1. The maximum Gasteiger partial charge on any atom is 0.251 e. The van der Waals surface area contributed by atoms with Crippen molar-refractivity contribution in [3.8, 4) is 5.75 Å². The lowest BCUT2D eigenvalue weighted by Crippen LogP contribution is -2.38. The van der Waals surface area contributed by atoms with Crippen LogP contribution in [-0.4, -0.2) is 42.5 Å². The van der Waals surface area contributed by atoms with Gasteiger partial charge in [0.1, 0.15) is 5.75 Å². The van der Waals surface area contributed by atoms with E-state index >= 15 is 0 Å². The second kappa shape index (κ2) is 8.62. The molecule has 5 heteroatoms. The van der Waals surface area contributed by atoms with Crippen LogP contribution in [0.4, 0.5) is 0 Å². The molecule has 1 fully saturated rings. The summed E-state index contributed by atoms with van der Waals surface area (Å²) in [6, 6.07) is 11.8. The van der Waals surface area contributed by atoms with E-state index in [1.807, 2.05) is 12.1 Å². The highest BCUT2D eigenvalue weighted by atomic mass is 16.5. The number of rotatable bonds is 6. The van der Waals surface area contributed by atoms with Gasteiger partial charge in [0, 0.05) is 31.0 Å². The van der Waals surface area contributed by atoms with E-state index in [9.17, 15) is 4.79 Å². The summed E-state index contributed by atoms with van der Waals surface area (Å²) in [4.78, 5) is 18.5. The summed E-state index contributed by atoms with van der Waals surface area (Å²) in [6.45, 7) is 3.86. The summed E-state index contributed by atoms with van der Waals surface area (Å²) >= 11 is 0. The van der Waals surface area contributed by atoms with Gasteiger partial charge in [-0.05, 0) is 61.7 Å². The number of carbonyl (C=O) groups is 1. The van der Waals surface area contributed by atoms with Gasteiger partial charge in [-0.15, -0.1) is 0 Å². The fourth-order valence-electron chi connectivity index (χ4n) is 3.18. The van der Waals surface area contributed by atoms with E-state index in [0.29, 0.717) is 11.5 Å². The number of aromatic nitrogens is 1. The fourth-order valence-corrected chi connectivity index (χ4v) is 3.18. The predicted octanol–water partition coefficient (Wildman–Crippen LogP) is 2.73. The lowest BCUT2D eigenvalue weighted by molar-refractivity contribution is 0.0935. The lowest BCUT2D eigenvalue weighted by atomic mass is 9.96. The van der Waals surface area contributed by atoms with E-state index in [4.69, 9.17) is 4.74 Å². The first-order valence-electron chi connectivity index (χ1n) is 8.78. The fraction of sp³-hybridized carbons (Fsp3) is 0.400. The van der Waals surface area contributed by atoms with Crippen LogP contribution in [0, 0.1) is 5.92 Å². The molecule has 0 radical (unpaired) electrons. The monoisotopic (exact) mass is 339 g/mol. The van der Waals surface area contributed by atoms with Crippen molar-refractivity contribution in [2.45, 2.75) is 19.4 Å². The summed E-state index contributed by atoms with van der Waals surface area (Å²) in [5.41, 5.74) is 1.98. The molecule has 1 aliphatic heterocycles. The smallest absolute Gasteiger partial charge is 0.251 e. The Balaban J connectivity index is 1.40. The molecule has 1 aliphatic rings. The Morgan fingerprint density at radius 2 is 1.84 bits per heavy atom. The molecule has 1 amide bonds. The molecule has 0 spiro atoms. The first-order chi connectivity index (χ1) is 12.2. The molecule has 5 nitrogen and oxygen atoms in total. The third-order valence-corrected chi connectivity index (χ3v) is 4.77. The van der Waals surface area contributed by atoms with Crippen molar-refractivity contribution in [3.05, 3.63) is 59.9 Å². The van der Waals surface area contributed by atoms with Crippen LogP contribution in [0.2, 0.25) is 0 Å². The molecule has 0 atom stereocenters. The number of ether oxygens (including phenoxy) is 1. The second-order valence-corrected chi connectivity index (χ2v) is 6.51. The van der Waals surface area contributed by atoms with Crippen molar-refractivity contribution >= 4 is 5.91 Å². The molecular weight excluding hydrogens is 314 g/mol. The van der Waals surface area contributed by atoms with Gasteiger partial charge in [-0.25, -0.2) is 0 Å². The highest BCUT2D eigenvalue weighted by molar-refractivity contribution is 5.93. The first kappa shape index (κ1) is 17.4. The molecule has 0 saturated carbocycles. The Morgan fingerprint density at radius 1 is 1.16 bits per heavy atom. The SMILES string of the molecule is COc1ccc(CN2CCC(CNC(=O)c3ccncc3)CC2)cc1. The number of nitrogens with zero attached hydrogens (tertiary/aromatic N) is 2. The predicted molar refractivity (Wildman–Crippen MR) is 97.6 cm³/mol. The Hall–Kier alpha value is -2.40. The topological polar surface area (TPSA) is 54.5 Å². The Labute approximate surface area is 149 Å². The zero-order valence-electron chi connectivity index (χ0n) is 14.6. The van der Waals surface area contributed by atoms with Crippen LogP contribution in [0.15, 0.2) is 48.8 Å². The Morgan fingerprint density at radius 3 is 2.48 bits per heavy atom. The van der Waals surface area contributed by atoms with Crippen LogP contribution in [0.1, 0.15) is 28.8 Å². The molecule has 132 valence electrons. The number of hydrogen-bond acceptors (Lipinski definition) is 4. The average molecular weight is 339 g/mol. The van der Waals surface area contributed by atoms with E-state index < -0.39 is 0 Å². The number of likely N-dealkylation sites (tertiary alicyclic amines) is 1. The average Bonchev–Trinajstić information content (AvgIpc) is 2.68. The van der Waals surface area contributed by atoms with Gasteiger partial charge < -0.3 is 10.1 Å². The van der Waals surface area contributed by atoms with Gasteiger partial charge in [0.25, 0.3) is 5.91 Å². The number of piperidine rings is 1. The molecular formula is C20H25N3O2. The van der Waals surface area contributed by atoms with E-state index in [0.717, 1.165) is 44.8 Å². The van der Waals surface area contributed by atoms with Crippen molar-refractivity contribution in [3.63, 3.8) is 0 Å². The summed E-state index contributed by atoms with van der Waals surface area (Å²) in [5.74, 6) is 1.44. The largest absolute Gasteiger partial charge is 0.497 e. The molecule has 1 aromatic carbocycles. The summed E-state index contributed by atoms with van der Waals surface area (Å²) in [5, 5.41) is 3.05. The maximum absolute atomic E-state index is 12.1. The zero-order chi connectivity index (χ0) is 17.5. The molecule has 1 saturated heterocycles. The number of amides is 1. The van der Waals surface area contributed by atoms with E-state index in [2.05, 4.69) is 27.3 Å². The number of methoxy groups -OCH3 is 1. The number of benzene rings is 1. The second-order valence-electron chi connectivity index (χ2n) is 6.51. The molecule has 25 heavy (non-hydrogen) atoms. The molecule has 3 rings (SSSR count). The molecule has 0 aliphatic carbocycles. The van der Waals surface area contributed by atoms with Crippen LogP contribution in [0.3, 0.4) is 0 Å². The number of pyridine rings is 1. The van der Waals surface area contributed by atoms with Crippen molar-refractivity contribution < 1.29 is 9.53 Å². The van der Waals surface area contributed by atoms with Crippen molar-refractivity contribution in [2.24, 2.45) is 5.92 Å². The quantitative estimate of drug-likeness (QED) is 0.879. The molecule has 2 aromatic rings. The minimum atomic E-state index is -0.0111. The summed E-state index contributed by atoms with van der Waals surface area (Å²) < 4.78 is 5.20. The number of carbonyl (C=O) groups excluding carboxylic acids is 1. The van der Waals surface area contributed by atoms with Crippen molar-refractivity contribution in [1.29, 1.82) is 0 Å². The Kier molecular flexibility index (Phi) is 6.01. The third kappa shape index (κ3) is 5.03. The van der Waals surface area contributed by atoms with Gasteiger partial charge in [0.15, 0.2) is 0 Å². The molecule has 1 aromatic heterocycles. The van der Waals surface area contributed by atoms with Crippen LogP contribution in [0.5, 0.6) is 5.75 Å². The molecule has 1 N–H and O–H groups in total. The third-order valence-electron chi connectivity index (χ3n) is 4.77. The van der Waals surface area contributed by atoms with Crippen LogP contribution in [0.25, 0.3) is 0 Å². The van der Waals surface area contributed by atoms with Gasteiger partial charge in [0.05, 0.1) is 7.11 Å². The van der Waals surface area contributed by atoms with Gasteiger partial charge in [-0.3, -0.25) is 14.7 Å². The minimum Gasteiger partial charge on any atom is -0.497 e. The van der Waals surface area contributed by atoms with E-state index in [1.165, 1.54) is 5.56 Å². The molecule has 0 bridgehead atoms. The minimum absolute atomic E-state index is 0.0111. The van der Waals surface area contributed by atoms with E-state index in [-0.39, 0.29) is 5.91 Å². The summed E-state index contributed by atoms with van der Waals surface area (Å²) in [7, 11) is 1.69. The van der Waals surface area contributed by atoms with Crippen LogP contribution < -0.4 is 10.1 Å². The highest BCUT2D eigenvalue weighted by Gasteiger charge is 2.20. The van der Waals surface area contributed by atoms with Gasteiger partial charge in [-0.1, -0.05) is 12.1 Å². The van der Waals surface area contributed by atoms with Gasteiger partial charge >= 0.3 is 0 Å².